The average Bonchev–Trinajstić information content (AvgIpc) is 2.31. The summed E-state index contributed by atoms with van der Waals surface area (Å²) in [6, 6.07) is 2.68. The molecular weight excluding hydrogens is 286 g/mol. The molecule has 1 rings (SSSR count). The molecule has 0 aliphatic heterocycles. The third kappa shape index (κ3) is 4.50. The molecule has 1 aromatic rings. The molecule has 0 aliphatic rings. The first-order valence-corrected chi connectivity index (χ1v) is 7.76. The number of rotatable bonds is 6. The highest BCUT2D eigenvalue weighted by Gasteiger charge is 2.22. The van der Waals surface area contributed by atoms with E-state index in [0.29, 0.717) is 12.1 Å². The van der Waals surface area contributed by atoms with Gasteiger partial charge < -0.3 is 0 Å². The number of nitrogens with zero attached hydrogens (tertiary/aromatic N) is 1. The molecule has 0 saturated heterocycles. The molecule has 1 atom stereocenters. The summed E-state index contributed by atoms with van der Waals surface area (Å²) in [7, 11) is -2.19. The van der Waals surface area contributed by atoms with E-state index in [2.05, 4.69) is 4.72 Å². The predicted molar refractivity (Wildman–Crippen MR) is 74.3 cm³/mol. The van der Waals surface area contributed by atoms with Gasteiger partial charge in [-0.1, -0.05) is 19.9 Å². The minimum Gasteiger partial charge on any atom is -0.204 e. The Morgan fingerprint density at radius 1 is 1.20 bits per heavy atom. The number of hydrogen-bond acceptors (Lipinski definition) is 2. The Hall–Kier alpha value is -1.05. The summed E-state index contributed by atoms with van der Waals surface area (Å²) in [4.78, 5) is 0. The van der Waals surface area contributed by atoms with Crippen LogP contribution in [0, 0.1) is 17.6 Å². The lowest BCUT2D eigenvalue weighted by Crippen LogP contribution is -2.41. The van der Waals surface area contributed by atoms with E-state index in [-0.39, 0.29) is 5.92 Å². The van der Waals surface area contributed by atoms with Crippen molar-refractivity contribution in [2.75, 3.05) is 13.6 Å². The van der Waals surface area contributed by atoms with Crippen LogP contribution in [0.25, 0.3) is 0 Å². The van der Waals surface area contributed by atoms with Crippen LogP contribution >= 0.6 is 0 Å². The van der Waals surface area contributed by atoms with E-state index in [1.54, 1.807) is 6.92 Å². The molecule has 20 heavy (non-hydrogen) atoms. The van der Waals surface area contributed by atoms with E-state index in [4.69, 9.17) is 0 Å². The van der Waals surface area contributed by atoms with Crippen LogP contribution in [0.2, 0.25) is 0 Å². The number of hydrogen-bond donors (Lipinski definition) is 1. The van der Waals surface area contributed by atoms with Gasteiger partial charge in [-0.05, 0) is 30.5 Å². The third-order valence-corrected chi connectivity index (χ3v) is 4.42. The van der Waals surface area contributed by atoms with Gasteiger partial charge >= 0.3 is 0 Å². The fourth-order valence-corrected chi connectivity index (χ4v) is 3.03. The molecular formula is C13H20F2N2O2S. The largest absolute Gasteiger partial charge is 0.279 e. The van der Waals surface area contributed by atoms with Crippen molar-refractivity contribution in [3.8, 4) is 0 Å². The molecule has 7 heteroatoms. The standard InChI is InChI=1S/C13H20F2N2O2S/c1-9(2)8-17(4)20(18,19)16-10(3)11-5-6-12(14)13(15)7-11/h5-7,9-10,16H,8H2,1-4H3/t10-/m0/s1. The number of benzene rings is 1. The molecule has 0 aliphatic carbocycles. The highest BCUT2D eigenvalue weighted by molar-refractivity contribution is 7.87. The van der Waals surface area contributed by atoms with Gasteiger partial charge in [0.1, 0.15) is 0 Å². The molecule has 0 radical (unpaired) electrons. The Balaban J connectivity index is 2.83. The summed E-state index contributed by atoms with van der Waals surface area (Å²) in [5.41, 5.74) is 0.366. The maximum Gasteiger partial charge on any atom is 0.279 e. The van der Waals surface area contributed by atoms with E-state index in [1.165, 1.54) is 17.4 Å². The SMILES string of the molecule is CC(C)CN(C)S(=O)(=O)N[C@@H](C)c1ccc(F)c(F)c1. The molecule has 0 heterocycles. The van der Waals surface area contributed by atoms with Crippen molar-refractivity contribution in [1.29, 1.82) is 0 Å². The Bertz CT molecular complexity index is 561. The zero-order valence-corrected chi connectivity index (χ0v) is 12.8. The Labute approximate surface area is 119 Å². The van der Waals surface area contributed by atoms with Crippen LogP contribution in [0.15, 0.2) is 18.2 Å². The predicted octanol–water partition coefficient (Wildman–Crippen LogP) is 2.45. The van der Waals surface area contributed by atoms with Crippen molar-refractivity contribution in [3.63, 3.8) is 0 Å². The minimum atomic E-state index is -3.66. The van der Waals surface area contributed by atoms with Gasteiger partial charge in [-0.2, -0.15) is 17.4 Å². The Morgan fingerprint density at radius 3 is 2.30 bits per heavy atom. The van der Waals surface area contributed by atoms with Gasteiger partial charge in [-0.15, -0.1) is 0 Å². The quantitative estimate of drug-likeness (QED) is 0.877. The van der Waals surface area contributed by atoms with Gasteiger partial charge in [0.15, 0.2) is 11.6 Å². The first-order chi connectivity index (χ1) is 9.13. The van der Waals surface area contributed by atoms with Crippen LogP contribution in [-0.4, -0.2) is 26.3 Å². The van der Waals surface area contributed by atoms with Gasteiger partial charge in [0, 0.05) is 19.6 Å². The fourth-order valence-electron chi connectivity index (χ4n) is 1.78. The van der Waals surface area contributed by atoms with Gasteiger partial charge in [0.2, 0.25) is 0 Å². The molecule has 114 valence electrons. The van der Waals surface area contributed by atoms with Crippen molar-refractivity contribution < 1.29 is 17.2 Å². The highest BCUT2D eigenvalue weighted by atomic mass is 32.2. The smallest absolute Gasteiger partial charge is 0.204 e. The van der Waals surface area contributed by atoms with Crippen LogP contribution in [0.3, 0.4) is 0 Å². The highest BCUT2D eigenvalue weighted by Crippen LogP contribution is 2.17. The molecule has 4 nitrogen and oxygen atoms in total. The lowest BCUT2D eigenvalue weighted by molar-refractivity contribution is 0.405. The van der Waals surface area contributed by atoms with Crippen LogP contribution < -0.4 is 4.72 Å². The second kappa shape index (κ2) is 6.60. The molecule has 0 saturated carbocycles. The first kappa shape index (κ1) is 17.0. The van der Waals surface area contributed by atoms with Gasteiger partial charge in [-0.3, -0.25) is 0 Å². The summed E-state index contributed by atoms with van der Waals surface area (Å²) >= 11 is 0. The summed E-state index contributed by atoms with van der Waals surface area (Å²) < 4.78 is 53.7. The van der Waals surface area contributed by atoms with Crippen molar-refractivity contribution in [2.24, 2.45) is 5.92 Å². The molecule has 1 N–H and O–H groups in total. The summed E-state index contributed by atoms with van der Waals surface area (Å²) in [6.07, 6.45) is 0. The van der Waals surface area contributed by atoms with Crippen LogP contribution in [-0.2, 0) is 10.2 Å². The van der Waals surface area contributed by atoms with E-state index >= 15 is 0 Å². The van der Waals surface area contributed by atoms with Gasteiger partial charge in [0.25, 0.3) is 10.2 Å². The zero-order valence-electron chi connectivity index (χ0n) is 12.0. The zero-order chi connectivity index (χ0) is 15.5. The first-order valence-electron chi connectivity index (χ1n) is 6.32. The Morgan fingerprint density at radius 2 is 1.80 bits per heavy atom. The van der Waals surface area contributed by atoms with E-state index in [0.717, 1.165) is 12.1 Å². The minimum absolute atomic E-state index is 0.190. The lowest BCUT2D eigenvalue weighted by Gasteiger charge is -2.22. The summed E-state index contributed by atoms with van der Waals surface area (Å²) in [6.45, 7) is 5.77. The molecule has 0 bridgehead atoms. The van der Waals surface area contributed by atoms with Gasteiger partial charge in [-0.25, -0.2) is 8.78 Å². The molecule has 0 unspecified atom stereocenters. The maximum atomic E-state index is 13.1. The second-order valence-electron chi connectivity index (χ2n) is 5.19. The number of halogens is 2. The van der Waals surface area contributed by atoms with E-state index < -0.39 is 27.9 Å². The van der Waals surface area contributed by atoms with Crippen molar-refractivity contribution >= 4 is 10.2 Å². The normalized spacial score (nSPS) is 14.0. The van der Waals surface area contributed by atoms with Crippen LogP contribution in [0.4, 0.5) is 8.78 Å². The van der Waals surface area contributed by atoms with E-state index in [9.17, 15) is 17.2 Å². The topological polar surface area (TPSA) is 49.4 Å². The Kier molecular flexibility index (Phi) is 5.61. The van der Waals surface area contributed by atoms with Crippen molar-refractivity contribution in [2.45, 2.75) is 26.8 Å². The molecule has 0 spiro atoms. The van der Waals surface area contributed by atoms with Crippen molar-refractivity contribution in [3.05, 3.63) is 35.4 Å². The molecule has 1 aromatic carbocycles. The van der Waals surface area contributed by atoms with Crippen LogP contribution in [0.1, 0.15) is 32.4 Å². The third-order valence-electron chi connectivity index (χ3n) is 2.80. The fraction of sp³-hybridized carbons (Fsp3) is 0.538. The van der Waals surface area contributed by atoms with Crippen molar-refractivity contribution in [1.82, 2.24) is 9.03 Å². The lowest BCUT2D eigenvalue weighted by atomic mass is 10.1. The molecule has 0 amide bonds. The summed E-state index contributed by atoms with van der Waals surface area (Å²) in [5.74, 6) is -1.76. The monoisotopic (exact) mass is 306 g/mol. The molecule has 0 fully saturated rings. The average molecular weight is 306 g/mol. The van der Waals surface area contributed by atoms with Crippen LogP contribution in [0.5, 0.6) is 0 Å². The maximum absolute atomic E-state index is 13.1. The second-order valence-corrected chi connectivity index (χ2v) is 7.00. The number of nitrogens with one attached hydrogen (secondary N) is 1. The van der Waals surface area contributed by atoms with Gasteiger partial charge in [0.05, 0.1) is 0 Å². The summed E-state index contributed by atoms with van der Waals surface area (Å²) in [5, 5.41) is 0. The van der Waals surface area contributed by atoms with E-state index in [1.807, 2.05) is 13.8 Å². The molecule has 0 aromatic heterocycles.